The highest BCUT2D eigenvalue weighted by Crippen LogP contribution is 2.30. The van der Waals surface area contributed by atoms with E-state index in [2.05, 4.69) is 16.0 Å². The predicted molar refractivity (Wildman–Crippen MR) is 88.8 cm³/mol. The maximum absolute atomic E-state index is 12.3. The zero-order chi connectivity index (χ0) is 15.5. The number of ether oxygens (including phenoxy) is 1. The summed E-state index contributed by atoms with van der Waals surface area (Å²) in [7, 11) is 1.52. The minimum atomic E-state index is -0.385. The van der Waals surface area contributed by atoms with Crippen LogP contribution in [-0.4, -0.2) is 32.0 Å². The van der Waals surface area contributed by atoms with Crippen LogP contribution in [0.5, 0.6) is 5.75 Å². The van der Waals surface area contributed by atoms with E-state index in [-0.39, 0.29) is 29.6 Å². The Bertz CT molecular complexity index is 557. The summed E-state index contributed by atoms with van der Waals surface area (Å²) in [5, 5.41) is 8.79. The maximum Gasteiger partial charge on any atom is 0.231 e. The van der Waals surface area contributed by atoms with Crippen LogP contribution in [0.3, 0.4) is 0 Å². The molecule has 22 heavy (non-hydrogen) atoms. The summed E-state index contributed by atoms with van der Waals surface area (Å²) in [6.45, 7) is 4.92. The van der Waals surface area contributed by atoms with Crippen molar-refractivity contribution in [2.24, 2.45) is 5.41 Å². The normalized spacial score (nSPS) is 20.0. The molecule has 1 fully saturated rings. The highest BCUT2D eigenvalue weighted by atomic mass is 35.5. The highest BCUT2D eigenvalue weighted by Gasteiger charge is 2.36. The van der Waals surface area contributed by atoms with E-state index in [4.69, 9.17) is 4.74 Å². The van der Waals surface area contributed by atoms with Gasteiger partial charge in [-0.15, -0.1) is 12.4 Å². The van der Waals surface area contributed by atoms with Gasteiger partial charge in [-0.05, 0) is 32.0 Å². The van der Waals surface area contributed by atoms with E-state index < -0.39 is 0 Å². The molecule has 1 aromatic rings. The fourth-order valence-electron chi connectivity index (χ4n) is 2.35. The second-order valence-electron chi connectivity index (χ2n) is 5.54. The van der Waals surface area contributed by atoms with Gasteiger partial charge >= 0.3 is 0 Å². The molecule has 3 N–H and O–H groups in total. The van der Waals surface area contributed by atoms with Crippen molar-refractivity contribution in [2.45, 2.75) is 20.3 Å². The van der Waals surface area contributed by atoms with Crippen molar-refractivity contribution in [1.29, 1.82) is 0 Å². The molecule has 2 amide bonds. The lowest BCUT2D eigenvalue weighted by Crippen LogP contribution is -2.35. The van der Waals surface area contributed by atoms with Crippen molar-refractivity contribution in [2.75, 3.05) is 30.8 Å². The van der Waals surface area contributed by atoms with Crippen LogP contribution in [0, 0.1) is 5.41 Å². The van der Waals surface area contributed by atoms with Crippen molar-refractivity contribution in [3.63, 3.8) is 0 Å². The van der Waals surface area contributed by atoms with E-state index in [1.807, 2.05) is 6.92 Å². The van der Waals surface area contributed by atoms with Gasteiger partial charge in [-0.25, -0.2) is 0 Å². The molecule has 122 valence electrons. The molecule has 0 spiro atoms. The van der Waals surface area contributed by atoms with Gasteiger partial charge in [0.2, 0.25) is 11.8 Å². The lowest BCUT2D eigenvalue weighted by molar-refractivity contribution is -0.123. The Labute approximate surface area is 136 Å². The van der Waals surface area contributed by atoms with Crippen molar-refractivity contribution in [3.8, 4) is 5.75 Å². The van der Waals surface area contributed by atoms with Crippen LogP contribution in [0.1, 0.15) is 20.3 Å². The van der Waals surface area contributed by atoms with Gasteiger partial charge in [0.25, 0.3) is 0 Å². The van der Waals surface area contributed by atoms with Crippen molar-refractivity contribution < 1.29 is 14.3 Å². The Kier molecular flexibility index (Phi) is 6.20. The molecule has 1 aliphatic heterocycles. The SMILES string of the molecule is COc1cc(NC(=O)C2(C)CCNC2)ccc1NC(C)=O.Cl. The number of hydrogen-bond donors (Lipinski definition) is 3. The summed E-state index contributed by atoms with van der Waals surface area (Å²) in [4.78, 5) is 23.5. The third kappa shape index (κ3) is 4.11. The summed E-state index contributed by atoms with van der Waals surface area (Å²) in [6, 6.07) is 5.16. The Morgan fingerprint density at radius 2 is 2.05 bits per heavy atom. The molecule has 0 aliphatic carbocycles. The number of halogens is 1. The van der Waals surface area contributed by atoms with Gasteiger partial charge in [0, 0.05) is 25.2 Å². The average Bonchev–Trinajstić information content (AvgIpc) is 2.88. The van der Waals surface area contributed by atoms with Gasteiger partial charge in [-0.3, -0.25) is 9.59 Å². The summed E-state index contributed by atoms with van der Waals surface area (Å²) in [5.41, 5.74) is 0.847. The van der Waals surface area contributed by atoms with Crippen LogP contribution in [0.25, 0.3) is 0 Å². The number of amides is 2. The van der Waals surface area contributed by atoms with E-state index in [9.17, 15) is 9.59 Å². The quantitative estimate of drug-likeness (QED) is 0.790. The third-order valence-corrected chi connectivity index (χ3v) is 3.69. The number of carbonyl (C=O) groups excluding carboxylic acids is 2. The van der Waals surface area contributed by atoms with Gasteiger partial charge in [0.15, 0.2) is 0 Å². The molecule has 0 aromatic heterocycles. The minimum absolute atomic E-state index is 0. The number of benzene rings is 1. The average molecular weight is 328 g/mol. The van der Waals surface area contributed by atoms with Gasteiger partial charge < -0.3 is 20.7 Å². The number of anilines is 2. The van der Waals surface area contributed by atoms with Gasteiger partial charge in [-0.1, -0.05) is 0 Å². The van der Waals surface area contributed by atoms with Crippen LogP contribution in [0.2, 0.25) is 0 Å². The molecule has 1 saturated heterocycles. The van der Waals surface area contributed by atoms with Gasteiger partial charge in [0.1, 0.15) is 5.75 Å². The van der Waals surface area contributed by atoms with Gasteiger partial charge in [-0.2, -0.15) is 0 Å². The number of carbonyl (C=O) groups is 2. The third-order valence-electron chi connectivity index (χ3n) is 3.69. The van der Waals surface area contributed by atoms with Crippen LogP contribution in [0.15, 0.2) is 18.2 Å². The monoisotopic (exact) mass is 327 g/mol. The van der Waals surface area contributed by atoms with Crippen LogP contribution in [-0.2, 0) is 9.59 Å². The van der Waals surface area contributed by atoms with Crippen LogP contribution < -0.4 is 20.7 Å². The summed E-state index contributed by atoms with van der Waals surface area (Å²) >= 11 is 0. The lowest BCUT2D eigenvalue weighted by atomic mass is 9.89. The maximum atomic E-state index is 12.3. The van der Waals surface area contributed by atoms with E-state index in [1.165, 1.54) is 14.0 Å². The molecule has 2 rings (SSSR count). The molecule has 0 saturated carbocycles. The minimum Gasteiger partial charge on any atom is -0.494 e. The molecule has 1 atom stereocenters. The predicted octanol–water partition coefficient (Wildman–Crippen LogP) is 2.01. The largest absolute Gasteiger partial charge is 0.494 e. The molecule has 1 unspecified atom stereocenters. The highest BCUT2D eigenvalue weighted by molar-refractivity contribution is 5.96. The zero-order valence-electron chi connectivity index (χ0n) is 13.0. The molecule has 7 heteroatoms. The smallest absolute Gasteiger partial charge is 0.231 e. The number of nitrogens with one attached hydrogen (secondary N) is 3. The molecule has 1 heterocycles. The van der Waals surface area contributed by atoms with Crippen LogP contribution in [0.4, 0.5) is 11.4 Å². The molecule has 0 bridgehead atoms. The van der Waals surface area contributed by atoms with Gasteiger partial charge in [0.05, 0.1) is 18.2 Å². The molecule has 1 aromatic carbocycles. The fourth-order valence-corrected chi connectivity index (χ4v) is 2.35. The topological polar surface area (TPSA) is 79.5 Å². The summed E-state index contributed by atoms with van der Waals surface area (Å²) in [5.74, 6) is 0.328. The van der Waals surface area contributed by atoms with E-state index >= 15 is 0 Å². The van der Waals surface area contributed by atoms with E-state index in [0.717, 1.165) is 13.0 Å². The van der Waals surface area contributed by atoms with Crippen molar-refractivity contribution >= 4 is 35.6 Å². The molecule has 1 aliphatic rings. The Morgan fingerprint density at radius 1 is 1.32 bits per heavy atom. The number of hydrogen-bond acceptors (Lipinski definition) is 4. The zero-order valence-corrected chi connectivity index (χ0v) is 13.8. The standard InChI is InChI=1S/C15H21N3O3.ClH/c1-10(19)17-12-5-4-11(8-13(12)21-3)18-14(20)15(2)6-7-16-9-15;/h4-5,8,16H,6-7,9H2,1-3H3,(H,17,19)(H,18,20);1H. The second-order valence-corrected chi connectivity index (χ2v) is 5.54. The van der Waals surface area contributed by atoms with Crippen molar-refractivity contribution in [3.05, 3.63) is 18.2 Å². The number of methoxy groups -OCH3 is 1. The summed E-state index contributed by atoms with van der Waals surface area (Å²) in [6.07, 6.45) is 0.819. The fraction of sp³-hybridized carbons (Fsp3) is 0.467. The molecular weight excluding hydrogens is 306 g/mol. The Hall–Kier alpha value is -1.79. The second kappa shape index (κ2) is 7.47. The molecule has 0 radical (unpaired) electrons. The Balaban J connectivity index is 0.00000242. The number of rotatable bonds is 4. The first-order valence-electron chi connectivity index (χ1n) is 6.92. The van der Waals surface area contributed by atoms with Crippen molar-refractivity contribution in [1.82, 2.24) is 5.32 Å². The molecule has 6 nitrogen and oxygen atoms in total. The Morgan fingerprint density at radius 3 is 2.59 bits per heavy atom. The lowest BCUT2D eigenvalue weighted by Gasteiger charge is -2.22. The first-order chi connectivity index (χ1) is 9.94. The first kappa shape index (κ1) is 18.3. The molecular formula is C15H22ClN3O3. The first-order valence-corrected chi connectivity index (χ1v) is 6.92. The summed E-state index contributed by atoms with van der Waals surface area (Å²) < 4.78 is 5.24. The van der Waals surface area contributed by atoms with E-state index in [1.54, 1.807) is 18.2 Å². The van der Waals surface area contributed by atoms with E-state index in [0.29, 0.717) is 23.7 Å². The van der Waals surface area contributed by atoms with Crippen LogP contribution >= 0.6 is 12.4 Å².